The second-order valence-corrected chi connectivity index (χ2v) is 4.70. The summed E-state index contributed by atoms with van der Waals surface area (Å²) in [6.07, 6.45) is 7.24. The lowest BCUT2D eigenvalue weighted by Gasteiger charge is -2.06. The topological polar surface area (TPSA) is 29.9 Å². The van der Waals surface area contributed by atoms with E-state index in [1.165, 1.54) is 5.56 Å². The Bertz CT molecular complexity index is 479. The van der Waals surface area contributed by atoms with Crippen LogP contribution in [0.2, 0.25) is 0 Å². The normalized spacial score (nSPS) is 10.5. The largest absolute Gasteiger partial charge is 0.379 e. The summed E-state index contributed by atoms with van der Waals surface area (Å²) in [6, 6.07) is 6.09. The number of nitrogens with zero attached hydrogens (tertiary/aromatic N) is 2. The summed E-state index contributed by atoms with van der Waals surface area (Å²) < 4.78 is 3.07. The van der Waals surface area contributed by atoms with Crippen LogP contribution in [0, 0.1) is 0 Å². The van der Waals surface area contributed by atoms with Gasteiger partial charge in [0.05, 0.1) is 5.69 Å². The van der Waals surface area contributed by atoms with Crippen molar-refractivity contribution in [2.24, 2.45) is 0 Å². The van der Waals surface area contributed by atoms with Crippen LogP contribution in [0.15, 0.2) is 41.4 Å². The molecule has 0 fully saturated rings. The highest BCUT2D eigenvalue weighted by Crippen LogP contribution is 2.19. The molecule has 2 aromatic heterocycles. The Kier molecular flexibility index (Phi) is 4.20. The monoisotopic (exact) mass is 293 g/mol. The Balaban J connectivity index is 1.95. The third-order valence-corrected chi connectivity index (χ3v) is 3.17. The predicted octanol–water partition coefficient (Wildman–Crippen LogP) is 3.67. The molecule has 17 heavy (non-hydrogen) atoms. The highest BCUT2D eigenvalue weighted by molar-refractivity contribution is 9.10. The Labute approximate surface area is 110 Å². The first kappa shape index (κ1) is 12.2. The van der Waals surface area contributed by atoms with Crippen molar-refractivity contribution in [2.75, 3.05) is 5.32 Å². The quantitative estimate of drug-likeness (QED) is 0.853. The lowest BCUT2D eigenvalue weighted by molar-refractivity contribution is 0.681. The maximum atomic E-state index is 4.18. The first-order valence-electron chi connectivity index (χ1n) is 5.78. The Morgan fingerprint density at radius 3 is 3.06 bits per heavy atom. The van der Waals surface area contributed by atoms with Crippen molar-refractivity contribution in [1.29, 1.82) is 0 Å². The molecule has 0 radical (unpaired) electrons. The van der Waals surface area contributed by atoms with Gasteiger partial charge >= 0.3 is 0 Å². The molecule has 0 bridgehead atoms. The van der Waals surface area contributed by atoms with Gasteiger partial charge in [0.1, 0.15) is 4.60 Å². The molecule has 2 aromatic rings. The highest BCUT2D eigenvalue weighted by Gasteiger charge is 2.00. The zero-order valence-corrected chi connectivity index (χ0v) is 11.4. The van der Waals surface area contributed by atoms with Gasteiger partial charge in [0.15, 0.2) is 0 Å². The summed E-state index contributed by atoms with van der Waals surface area (Å²) in [5, 5.41) is 3.36. The number of hydrogen-bond donors (Lipinski definition) is 1. The first-order chi connectivity index (χ1) is 8.29. The lowest BCUT2D eigenvalue weighted by Crippen LogP contribution is -2.00. The van der Waals surface area contributed by atoms with Gasteiger partial charge in [-0.25, -0.2) is 4.98 Å². The van der Waals surface area contributed by atoms with Crippen molar-refractivity contribution in [3.63, 3.8) is 0 Å². The molecule has 0 aliphatic carbocycles. The van der Waals surface area contributed by atoms with Crippen molar-refractivity contribution < 1.29 is 0 Å². The minimum absolute atomic E-state index is 0.820. The van der Waals surface area contributed by atoms with Gasteiger partial charge in [-0.2, -0.15) is 0 Å². The molecular weight excluding hydrogens is 278 g/mol. The van der Waals surface area contributed by atoms with E-state index in [0.717, 1.165) is 29.8 Å². The SMILES string of the molecule is CCCn1ccc(CNc2cccnc2Br)c1. The van der Waals surface area contributed by atoms with Gasteiger partial charge in [-0.3, -0.25) is 0 Å². The van der Waals surface area contributed by atoms with E-state index in [9.17, 15) is 0 Å². The molecule has 2 heterocycles. The number of halogens is 1. The number of aromatic nitrogens is 2. The lowest BCUT2D eigenvalue weighted by atomic mass is 10.3. The third kappa shape index (κ3) is 3.33. The summed E-state index contributed by atoms with van der Waals surface area (Å²) in [4.78, 5) is 4.18. The summed E-state index contributed by atoms with van der Waals surface area (Å²) >= 11 is 3.42. The first-order valence-corrected chi connectivity index (χ1v) is 6.58. The molecule has 0 saturated carbocycles. The van der Waals surface area contributed by atoms with Crippen LogP contribution in [-0.2, 0) is 13.1 Å². The molecule has 3 nitrogen and oxygen atoms in total. The van der Waals surface area contributed by atoms with Crippen LogP contribution in [0.3, 0.4) is 0 Å². The molecule has 0 spiro atoms. The summed E-state index contributed by atoms with van der Waals surface area (Å²) in [6.45, 7) is 4.09. The summed E-state index contributed by atoms with van der Waals surface area (Å²) in [7, 11) is 0. The fourth-order valence-electron chi connectivity index (χ4n) is 1.71. The standard InChI is InChI=1S/C13H16BrN3/c1-2-7-17-8-5-11(10-17)9-16-12-4-3-6-15-13(12)14/h3-6,8,10,16H,2,7,9H2,1H3. The minimum atomic E-state index is 0.820. The van der Waals surface area contributed by atoms with Crippen LogP contribution in [0.4, 0.5) is 5.69 Å². The van der Waals surface area contributed by atoms with E-state index >= 15 is 0 Å². The molecule has 2 rings (SSSR count). The van der Waals surface area contributed by atoms with Gasteiger partial charge in [-0.15, -0.1) is 0 Å². The van der Waals surface area contributed by atoms with E-state index in [2.05, 4.69) is 56.2 Å². The van der Waals surface area contributed by atoms with Gasteiger partial charge < -0.3 is 9.88 Å². The second kappa shape index (κ2) is 5.87. The third-order valence-electron chi connectivity index (χ3n) is 2.54. The number of hydrogen-bond acceptors (Lipinski definition) is 2. The van der Waals surface area contributed by atoms with E-state index < -0.39 is 0 Å². The maximum absolute atomic E-state index is 4.18. The van der Waals surface area contributed by atoms with Crippen LogP contribution < -0.4 is 5.32 Å². The van der Waals surface area contributed by atoms with Crippen LogP contribution in [0.25, 0.3) is 0 Å². The van der Waals surface area contributed by atoms with E-state index in [1.54, 1.807) is 6.20 Å². The summed E-state index contributed by atoms with van der Waals surface area (Å²) in [5.74, 6) is 0. The molecule has 0 unspecified atom stereocenters. The summed E-state index contributed by atoms with van der Waals surface area (Å²) in [5.41, 5.74) is 2.31. The zero-order valence-electron chi connectivity index (χ0n) is 9.86. The van der Waals surface area contributed by atoms with Crippen LogP contribution in [-0.4, -0.2) is 9.55 Å². The minimum Gasteiger partial charge on any atom is -0.379 e. The van der Waals surface area contributed by atoms with E-state index in [0.29, 0.717) is 0 Å². The molecule has 1 N–H and O–H groups in total. The Morgan fingerprint density at radius 1 is 1.41 bits per heavy atom. The van der Waals surface area contributed by atoms with Crippen LogP contribution in [0.5, 0.6) is 0 Å². The average molecular weight is 294 g/mol. The van der Waals surface area contributed by atoms with E-state index in [1.807, 2.05) is 12.1 Å². The fourth-order valence-corrected chi connectivity index (χ4v) is 2.10. The number of anilines is 1. The Hall–Kier alpha value is -1.29. The highest BCUT2D eigenvalue weighted by atomic mass is 79.9. The molecule has 0 aliphatic rings. The molecule has 0 aliphatic heterocycles. The van der Waals surface area contributed by atoms with Gasteiger partial charge in [0.25, 0.3) is 0 Å². The van der Waals surface area contributed by atoms with Gasteiger partial charge in [-0.05, 0) is 46.1 Å². The Morgan fingerprint density at radius 2 is 2.29 bits per heavy atom. The van der Waals surface area contributed by atoms with Crippen molar-refractivity contribution >= 4 is 21.6 Å². The fraction of sp³-hybridized carbons (Fsp3) is 0.308. The smallest absolute Gasteiger partial charge is 0.129 e. The molecule has 0 amide bonds. The molecule has 0 aromatic carbocycles. The maximum Gasteiger partial charge on any atom is 0.129 e. The molecule has 4 heteroatoms. The van der Waals surface area contributed by atoms with Crippen molar-refractivity contribution in [2.45, 2.75) is 26.4 Å². The molecule has 0 atom stereocenters. The number of pyridine rings is 1. The van der Waals surface area contributed by atoms with E-state index in [4.69, 9.17) is 0 Å². The molecule has 0 saturated heterocycles. The predicted molar refractivity (Wildman–Crippen MR) is 74.0 cm³/mol. The van der Waals surface area contributed by atoms with Gasteiger partial charge in [-0.1, -0.05) is 6.92 Å². The number of nitrogens with one attached hydrogen (secondary N) is 1. The van der Waals surface area contributed by atoms with Crippen molar-refractivity contribution in [3.8, 4) is 0 Å². The number of aryl methyl sites for hydroxylation is 1. The van der Waals surface area contributed by atoms with E-state index in [-0.39, 0.29) is 0 Å². The number of rotatable bonds is 5. The molecular formula is C13H16BrN3. The van der Waals surface area contributed by atoms with Crippen molar-refractivity contribution in [3.05, 3.63) is 47.0 Å². The molecule has 90 valence electrons. The van der Waals surface area contributed by atoms with Gasteiger partial charge in [0.2, 0.25) is 0 Å². The zero-order chi connectivity index (χ0) is 12.1. The van der Waals surface area contributed by atoms with Crippen LogP contribution in [0.1, 0.15) is 18.9 Å². The van der Waals surface area contributed by atoms with Crippen LogP contribution >= 0.6 is 15.9 Å². The second-order valence-electron chi connectivity index (χ2n) is 3.95. The van der Waals surface area contributed by atoms with Crippen molar-refractivity contribution in [1.82, 2.24) is 9.55 Å². The van der Waals surface area contributed by atoms with Gasteiger partial charge in [0, 0.05) is 31.7 Å². The average Bonchev–Trinajstić information content (AvgIpc) is 2.76.